The van der Waals surface area contributed by atoms with Gasteiger partial charge in [-0.1, -0.05) is 22.0 Å². The predicted octanol–water partition coefficient (Wildman–Crippen LogP) is 4.22. The molecule has 21 heavy (non-hydrogen) atoms. The normalized spacial score (nSPS) is 12.9. The van der Waals surface area contributed by atoms with E-state index in [1.807, 2.05) is 24.3 Å². The molecule has 0 radical (unpaired) electrons. The van der Waals surface area contributed by atoms with Crippen LogP contribution in [0.25, 0.3) is 0 Å². The maximum Gasteiger partial charge on any atom is 0.134 e. The van der Waals surface area contributed by atoms with Crippen LogP contribution in [0.1, 0.15) is 16.7 Å². The molecular weight excluding hydrogens is 400 g/mol. The van der Waals surface area contributed by atoms with E-state index in [0.29, 0.717) is 6.61 Å². The molecule has 1 aliphatic rings. The Hall–Kier alpha value is -1.04. The maximum atomic E-state index is 9.11. The van der Waals surface area contributed by atoms with Crippen LogP contribution in [-0.2, 0) is 19.6 Å². The molecule has 0 saturated heterocycles. The number of hydrogen-bond donors (Lipinski definition) is 1. The van der Waals surface area contributed by atoms with Crippen molar-refractivity contribution >= 4 is 31.9 Å². The Morgan fingerprint density at radius 1 is 1.19 bits per heavy atom. The Kier molecular flexibility index (Phi) is 4.52. The fourth-order valence-electron chi connectivity index (χ4n) is 2.37. The van der Waals surface area contributed by atoms with Crippen molar-refractivity contribution in [3.63, 3.8) is 0 Å². The highest BCUT2D eigenvalue weighted by Crippen LogP contribution is 2.34. The zero-order chi connectivity index (χ0) is 14.8. The average molecular weight is 414 g/mol. The van der Waals surface area contributed by atoms with E-state index in [1.165, 1.54) is 5.56 Å². The van der Waals surface area contributed by atoms with E-state index >= 15 is 0 Å². The molecule has 1 heterocycles. The predicted molar refractivity (Wildman–Crippen MR) is 87.7 cm³/mol. The molecule has 2 aromatic rings. The summed E-state index contributed by atoms with van der Waals surface area (Å²) < 4.78 is 13.4. The molecule has 110 valence electrons. The highest BCUT2D eigenvalue weighted by molar-refractivity contribution is 9.10. The van der Waals surface area contributed by atoms with E-state index in [2.05, 4.69) is 37.9 Å². The second-order valence-electron chi connectivity index (χ2n) is 4.86. The van der Waals surface area contributed by atoms with Gasteiger partial charge in [0.25, 0.3) is 0 Å². The molecule has 0 aliphatic carbocycles. The number of hydrogen-bond acceptors (Lipinski definition) is 3. The number of halogens is 2. The van der Waals surface area contributed by atoms with Gasteiger partial charge in [-0.15, -0.1) is 0 Å². The minimum Gasteiger partial charge on any atom is -0.493 e. The Morgan fingerprint density at radius 3 is 2.81 bits per heavy atom. The lowest BCUT2D eigenvalue weighted by atomic mass is 10.1. The fraction of sp³-hybridized carbons (Fsp3) is 0.250. The average Bonchev–Trinajstić information content (AvgIpc) is 2.93. The third-order valence-corrected chi connectivity index (χ3v) is 4.46. The molecule has 3 nitrogen and oxygen atoms in total. The first-order valence-corrected chi connectivity index (χ1v) is 8.22. The Morgan fingerprint density at radius 2 is 2.05 bits per heavy atom. The molecule has 0 fully saturated rings. The van der Waals surface area contributed by atoms with Crippen molar-refractivity contribution in [2.75, 3.05) is 6.61 Å². The SMILES string of the molecule is OCc1ccc(OCc2cc(Br)cc3c2OCC3)c(Br)c1. The van der Waals surface area contributed by atoms with Crippen LogP contribution in [0.2, 0.25) is 0 Å². The number of aliphatic hydroxyl groups is 1. The summed E-state index contributed by atoms with van der Waals surface area (Å²) in [7, 11) is 0. The van der Waals surface area contributed by atoms with Gasteiger partial charge in [-0.25, -0.2) is 0 Å². The van der Waals surface area contributed by atoms with Gasteiger partial charge in [0.05, 0.1) is 17.7 Å². The van der Waals surface area contributed by atoms with Crippen molar-refractivity contribution in [3.8, 4) is 11.5 Å². The first kappa shape index (κ1) is 14.9. The van der Waals surface area contributed by atoms with Crippen LogP contribution in [0.5, 0.6) is 11.5 Å². The third-order valence-electron chi connectivity index (χ3n) is 3.39. The number of benzene rings is 2. The summed E-state index contributed by atoms with van der Waals surface area (Å²) in [5, 5.41) is 9.11. The molecule has 0 atom stereocenters. The summed E-state index contributed by atoms with van der Waals surface area (Å²) in [5.41, 5.74) is 3.11. The van der Waals surface area contributed by atoms with Crippen LogP contribution in [0, 0.1) is 0 Å². The highest BCUT2D eigenvalue weighted by atomic mass is 79.9. The van der Waals surface area contributed by atoms with E-state index in [-0.39, 0.29) is 6.61 Å². The van der Waals surface area contributed by atoms with Gasteiger partial charge in [0.15, 0.2) is 0 Å². The van der Waals surface area contributed by atoms with Gasteiger partial charge in [0, 0.05) is 16.5 Å². The van der Waals surface area contributed by atoms with Gasteiger partial charge in [-0.05, 0) is 51.3 Å². The Labute approximate surface area is 140 Å². The Bertz CT molecular complexity index is 671. The molecule has 0 unspecified atom stereocenters. The molecule has 1 N–H and O–H groups in total. The summed E-state index contributed by atoms with van der Waals surface area (Å²) in [6, 6.07) is 9.69. The molecule has 5 heteroatoms. The number of rotatable bonds is 4. The van der Waals surface area contributed by atoms with Crippen molar-refractivity contribution in [3.05, 3.63) is 56.0 Å². The van der Waals surface area contributed by atoms with E-state index in [0.717, 1.165) is 44.6 Å². The first-order valence-electron chi connectivity index (χ1n) is 6.63. The second kappa shape index (κ2) is 6.38. The quantitative estimate of drug-likeness (QED) is 0.815. The monoisotopic (exact) mass is 412 g/mol. The molecule has 0 amide bonds. The van der Waals surface area contributed by atoms with E-state index < -0.39 is 0 Å². The van der Waals surface area contributed by atoms with E-state index in [1.54, 1.807) is 0 Å². The Balaban J connectivity index is 1.79. The van der Waals surface area contributed by atoms with Crippen molar-refractivity contribution in [1.29, 1.82) is 0 Å². The summed E-state index contributed by atoms with van der Waals surface area (Å²) in [6.07, 6.45) is 0.941. The lowest BCUT2D eigenvalue weighted by Gasteiger charge is -2.12. The van der Waals surface area contributed by atoms with Crippen molar-refractivity contribution in [2.45, 2.75) is 19.6 Å². The molecule has 2 aromatic carbocycles. The second-order valence-corrected chi connectivity index (χ2v) is 6.63. The highest BCUT2D eigenvalue weighted by Gasteiger charge is 2.18. The van der Waals surface area contributed by atoms with Gasteiger partial charge in [0.1, 0.15) is 18.1 Å². The molecule has 0 aromatic heterocycles. The van der Waals surface area contributed by atoms with Crippen LogP contribution in [0.3, 0.4) is 0 Å². The van der Waals surface area contributed by atoms with Gasteiger partial charge in [0.2, 0.25) is 0 Å². The van der Waals surface area contributed by atoms with E-state index in [4.69, 9.17) is 14.6 Å². The van der Waals surface area contributed by atoms with Gasteiger partial charge >= 0.3 is 0 Å². The standard InChI is InChI=1S/C16H14Br2O3/c17-13-6-11-3-4-20-16(11)12(7-13)9-21-15-2-1-10(8-19)5-14(15)18/h1-2,5-7,19H,3-4,8-9H2. The number of fused-ring (bicyclic) bond motifs is 1. The molecule has 3 rings (SSSR count). The smallest absolute Gasteiger partial charge is 0.134 e. The van der Waals surface area contributed by atoms with Gasteiger partial charge in [-0.3, -0.25) is 0 Å². The van der Waals surface area contributed by atoms with Crippen LogP contribution in [0.4, 0.5) is 0 Å². The first-order chi connectivity index (χ1) is 10.2. The summed E-state index contributed by atoms with van der Waals surface area (Å²) in [5.74, 6) is 1.69. The van der Waals surface area contributed by atoms with Crippen molar-refractivity contribution in [2.24, 2.45) is 0 Å². The largest absolute Gasteiger partial charge is 0.493 e. The zero-order valence-electron chi connectivity index (χ0n) is 11.2. The van der Waals surface area contributed by atoms with Crippen molar-refractivity contribution in [1.82, 2.24) is 0 Å². The van der Waals surface area contributed by atoms with Crippen molar-refractivity contribution < 1.29 is 14.6 Å². The maximum absolute atomic E-state index is 9.11. The van der Waals surface area contributed by atoms with Gasteiger partial charge in [-0.2, -0.15) is 0 Å². The number of ether oxygens (including phenoxy) is 2. The van der Waals surface area contributed by atoms with Crippen LogP contribution < -0.4 is 9.47 Å². The zero-order valence-corrected chi connectivity index (χ0v) is 14.4. The molecule has 0 saturated carbocycles. The molecule has 1 aliphatic heterocycles. The van der Waals surface area contributed by atoms with Crippen LogP contribution >= 0.6 is 31.9 Å². The fourth-order valence-corrected chi connectivity index (χ4v) is 3.46. The number of aliphatic hydroxyl groups excluding tert-OH is 1. The molecular formula is C16H14Br2O3. The van der Waals surface area contributed by atoms with E-state index in [9.17, 15) is 0 Å². The molecule has 0 spiro atoms. The summed E-state index contributed by atoms with van der Waals surface area (Å²) in [6.45, 7) is 1.19. The topological polar surface area (TPSA) is 38.7 Å². The minimum atomic E-state index is 0.0197. The minimum absolute atomic E-state index is 0.0197. The lowest BCUT2D eigenvalue weighted by Crippen LogP contribution is -1.99. The van der Waals surface area contributed by atoms with Crippen LogP contribution in [-0.4, -0.2) is 11.7 Å². The third kappa shape index (κ3) is 3.25. The van der Waals surface area contributed by atoms with Gasteiger partial charge < -0.3 is 14.6 Å². The summed E-state index contributed by atoms with van der Waals surface area (Å²) >= 11 is 6.99. The summed E-state index contributed by atoms with van der Waals surface area (Å²) in [4.78, 5) is 0. The lowest BCUT2D eigenvalue weighted by molar-refractivity contribution is 0.279. The molecule has 0 bridgehead atoms. The van der Waals surface area contributed by atoms with Crippen LogP contribution in [0.15, 0.2) is 39.3 Å².